The fourth-order valence-electron chi connectivity index (χ4n) is 5.10. The molecular weight excluding hydrogens is 430 g/mol. The van der Waals surface area contributed by atoms with Gasteiger partial charge in [-0.1, -0.05) is 6.07 Å². The molecule has 1 N–H and O–H groups in total. The summed E-state index contributed by atoms with van der Waals surface area (Å²) in [6.45, 7) is 12.9. The summed E-state index contributed by atoms with van der Waals surface area (Å²) in [6, 6.07) is 6.94. The number of methoxy groups -OCH3 is 1. The van der Waals surface area contributed by atoms with Gasteiger partial charge < -0.3 is 29.0 Å². The van der Waals surface area contributed by atoms with Crippen LogP contribution in [0.1, 0.15) is 58.9 Å². The van der Waals surface area contributed by atoms with Crippen molar-refractivity contribution in [2.24, 2.45) is 0 Å². The largest absolute Gasteiger partial charge is 0.484 e. The number of benzene rings is 1. The minimum Gasteiger partial charge on any atom is -0.484 e. The van der Waals surface area contributed by atoms with Gasteiger partial charge in [0.25, 0.3) is 0 Å². The highest BCUT2D eigenvalue weighted by molar-refractivity contribution is 5.62. The van der Waals surface area contributed by atoms with Crippen LogP contribution >= 0.6 is 0 Å². The lowest BCUT2D eigenvalue weighted by Crippen LogP contribution is -2.47. The van der Waals surface area contributed by atoms with Crippen molar-refractivity contribution in [3.05, 3.63) is 36.4 Å². The summed E-state index contributed by atoms with van der Waals surface area (Å²) in [7, 11) is 1.76. The fourth-order valence-corrected chi connectivity index (χ4v) is 5.10. The lowest BCUT2D eigenvalue weighted by molar-refractivity contribution is 0.0149. The first-order valence-electron chi connectivity index (χ1n) is 12.5. The highest BCUT2D eigenvalue weighted by atomic mass is 16.5. The highest BCUT2D eigenvalue weighted by Gasteiger charge is 2.32. The number of nitrogens with zero attached hydrogens (tertiary/aromatic N) is 4. The van der Waals surface area contributed by atoms with Gasteiger partial charge in [0.2, 0.25) is 0 Å². The first-order valence-corrected chi connectivity index (χ1v) is 12.5. The van der Waals surface area contributed by atoms with E-state index < -0.39 is 0 Å². The van der Waals surface area contributed by atoms with Crippen molar-refractivity contribution in [1.29, 1.82) is 0 Å². The zero-order valence-corrected chi connectivity index (χ0v) is 21.4. The van der Waals surface area contributed by atoms with E-state index in [0.29, 0.717) is 12.6 Å². The first kappa shape index (κ1) is 24.9. The maximum absolute atomic E-state index is 6.32. The number of fused-ring (bicyclic) bond motifs is 1. The molecular formula is C26H41N5O3. The minimum atomic E-state index is -0.203. The molecule has 2 aliphatic rings. The van der Waals surface area contributed by atoms with E-state index in [-0.39, 0.29) is 17.2 Å². The van der Waals surface area contributed by atoms with E-state index >= 15 is 0 Å². The second-order valence-electron chi connectivity index (χ2n) is 10.9. The summed E-state index contributed by atoms with van der Waals surface area (Å²) < 4.78 is 19.9. The molecule has 188 valence electrons. The second kappa shape index (κ2) is 10.6. The molecule has 8 nitrogen and oxygen atoms in total. The molecule has 1 saturated heterocycles. The number of aromatic nitrogens is 3. The van der Waals surface area contributed by atoms with E-state index in [2.05, 4.69) is 70.9 Å². The van der Waals surface area contributed by atoms with Crippen LogP contribution in [-0.4, -0.2) is 65.9 Å². The molecule has 8 heteroatoms. The molecule has 1 fully saturated rings. The lowest BCUT2D eigenvalue weighted by Gasteiger charge is -2.41. The third kappa shape index (κ3) is 6.29. The monoisotopic (exact) mass is 471 g/mol. The molecule has 0 aliphatic carbocycles. The summed E-state index contributed by atoms with van der Waals surface area (Å²) in [5.41, 5.74) is 2.14. The zero-order valence-electron chi connectivity index (χ0n) is 21.4. The fraction of sp³-hybridized carbons (Fsp3) is 0.692. The van der Waals surface area contributed by atoms with Crippen molar-refractivity contribution < 1.29 is 14.2 Å². The molecule has 1 aromatic carbocycles. The topological polar surface area (TPSA) is 73.7 Å². The van der Waals surface area contributed by atoms with Crippen molar-refractivity contribution in [2.45, 2.75) is 83.3 Å². The SMILES string of the molecule is COCCCN1CC(C)(C)Oc2ccc(CO[C@@H]3CC[C@@H](CC(C)(C)n4cnnc4)NC3)cc21. The second-order valence-corrected chi connectivity index (χ2v) is 10.9. The molecule has 34 heavy (non-hydrogen) atoms. The van der Waals surface area contributed by atoms with Gasteiger partial charge in [-0.25, -0.2) is 0 Å². The number of rotatable bonds is 10. The molecule has 2 aromatic rings. The Hall–Kier alpha value is -2.16. The molecule has 3 heterocycles. The summed E-state index contributed by atoms with van der Waals surface area (Å²) in [6.07, 6.45) is 8.06. The summed E-state index contributed by atoms with van der Waals surface area (Å²) >= 11 is 0. The van der Waals surface area contributed by atoms with Crippen LogP contribution in [0.4, 0.5) is 5.69 Å². The minimum absolute atomic E-state index is 0.0102. The van der Waals surface area contributed by atoms with Crippen molar-refractivity contribution >= 4 is 5.69 Å². The van der Waals surface area contributed by atoms with Gasteiger partial charge in [0.05, 0.1) is 24.9 Å². The summed E-state index contributed by atoms with van der Waals surface area (Å²) in [5.74, 6) is 0.954. The Morgan fingerprint density at radius 1 is 1.21 bits per heavy atom. The van der Waals surface area contributed by atoms with Gasteiger partial charge in [0, 0.05) is 38.4 Å². The van der Waals surface area contributed by atoms with Crippen LogP contribution in [0.3, 0.4) is 0 Å². The summed E-state index contributed by atoms with van der Waals surface area (Å²) in [5, 5.41) is 11.6. The quantitative estimate of drug-likeness (QED) is 0.529. The van der Waals surface area contributed by atoms with Crippen LogP contribution in [0.5, 0.6) is 5.75 Å². The number of hydrogen-bond donors (Lipinski definition) is 1. The van der Waals surface area contributed by atoms with Crippen LogP contribution in [0, 0.1) is 0 Å². The smallest absolute Gasteiger partial charge is 0.143 e. The number of nitrogens with one attached hydrogen (secondary N) is 1. The van der Waals surface area contributed by atoms with Crippen molar-refractivity contribution in [2.75, 3.05) is 38.3 Å². The number of ether oxygens (including phenoxy) is 3. The number of hydrogen-bond acceptors (Lipinski definition) is 7. The van der Waals surface area contributed by atoms with Crippen molar-refractivity contribution in [1.82, 2.24) is 20.1 Å². The molecule has 0 amide bonds. The molecule has 0 unspecified atom stereocenters. The van der Waals surface area contributed by atoms with E-state index in [4.69, 9.17) is 14.2 Å². The van der Waals surface area contributed by atoms with Crippen LogP contribution in [0.2, 0.25) is 0 Å². The third-order valence-corrected chi connectivity index (χ3v) is 6.92. The third-order valence-electron chi connectivity index (χ3n) is 6.92. The molecule has 4 rings (SSSR count). The Morgan fingerprint density at radius 3 is 2.71 bits per heavy atom. The van der Waals surface area contributed by atoms with Crippen LogP contribution in [0.15, 0.2) is 30.9 Å². The number of anilines is 1. The molecule has 0 bridgehead atoms. The average Bonchev–Trinajstić information content (AvgIpc) is 3.34. The molecule has 2 aliphatic heterocycles. The van der Waals surface area contributed by atoms with Gasteiger partial charge >= 0.3 is 0 Å². The molecule has 1 aromatic heterocycles. The van der Waals surface area contributed by atoms with Crippen LogP contribution in [-0.2, 0) is 21.6 Å². The van der Waals surface area contributed by atoms with Gasteiger partial charge in [-0.05, 0) is 71.1 Å². The highest BCUT2D eigenvalue weighted by Crippen LogP contribution is 2.38. The zero-order chi connectivity index (χ0) is 24.2. The predicted molar refractivity (Wildman–Crippen MR) is 133 cm³/mol. The van der Waals surface area contributed by atoms with Gasteiger partial charge in [0.1, 0.15) is 24.0 Å². The van der Waals surface area contributed by atoms with E-state index in [9.17, 15) is 0 Å². The van der Waals surface area contributed by atoms with Gasteiger partial charge in [-0.15, -0.1) is 10.2 Å². The van der Waals surface area contributed by atoms with E-state index in [1.807, 2.05) is 0 Å². The Labute approximate surface area is 204 Å². The van der Waals surface area contributed by atoms with E-state index in [0.717, 1.165) is 63.4 Å². The van der Waals surface area contributed by atoms with Crippen molar-refractivity contribution in [3.63, 3.8) is 0 Å². The summed E-state index contributed by atoms with van der Waals surface area (Å²) in [4.78, 5) is 2.42. The van der Waals surface area contributed by atoms with Crippen LogP contribution < -0.4 is 15.0 Å². The number of piperidine rings is 1. The van der Waals surface area contributed by atoms with Gasteiger partial charge in [0.15, 0.2) is 0 Å². The first-order chi connectivity index (χ1) is 16.3. The van der Waals surface area contributed by atoms with Gasteiger partial charge in [-0.3, -0.25) is 0 Å². The Morgan fingerprint density at radius 2 is 2.00 bits per heavy atom. The predicted octanol–water partition coefficient (Wildman–Crippen LogP) is 3.75. The Bertz CT molecular complexity index is 907. The van der Waals surface area contributed by atoms with Crippen molar-refractivity contribution in [3.8, 4) is 5.75 Å². The normalized spacial score (nSPS) is 22.3. The van der Waals surface area contributed by atoms with Crippen LogP contribution in [0.25, 0.3) is 0 Å². The maximum atomic E-state index is 6.32. The average molecular weight is 472 g/mol. The molecule has 0 spiro atoms. The molecule has 2 atom stereocenters. The maximum Gasteiger partial charge on any atom is 0.143 e. The Kier molecular flexibility index (Phi) is 7.80. The Balaban J connectivity index is 1.29. The lowest BCUT2D eigenvalue weighted by atomic mass is 9.89. The van der Waals surface area contributed by atoms with Gasteiger partial charge in [-0.2, -0.15) is 0 Å². The molecule has 0 radical (unpaired) electrons. The standard InChI is InChI=1S/C26H41N5O3/c1-25(2,31-18-28-29-19-31)14-21-8-9-22(15-27-21)33-16-20-7-10-24-23(13-20)30(11-6-12-32-5)17-26(3,4)34-24/h7,10,13,18-19,21-22,27H,6,8-9,11-12,14-17H2,1-5H3/t21-,22+/m0/s1. The van der Waals surface area contributed by atoms with E-state index in [1.165, 1.54) is 5.56 Å². The van der Waals surface area contributed by atoms with E-state index in [1.54, 1.807) is 19.8 Å². The molecule has 0 saturated carbocycles.